The number of phenols is 1. The van der Waals surface area contributed by atoms with Gasteiger partial charge in [-0.05, 0) is 76.7 Å². The van der Waals surface area contributed by atoms with Crippen molar-refractivity contribution in [1.82, 2.24) is 0 Å². The number of anilines is 1. The monoisotopic (exact) mass is 351 g/mol. The van der Waals surface area contributed by atoms with Crippen LogP contribution in [0.2, 0.25) is 5.02 Å². The van der Waals surface area contributed by atoms with E-state index >= 15 is 0 Å². The number of rotatable bonds is 2. The van der Waals surface area contributed by atoms with Crippen LogP contribution in [0.3, 0.4) is 0 Å². The molecule has 20 heavy (non-hydrogen) atoms. The van der Waals surface area contributed by atoms with Gasteiger partial charge in [0, 0.05) is 10.2 Å². The molecule has 4 heteroatoms. The van der Waals surface area contributed by atoms with E-state index in [4.69, 9.17) is 11.6 Å². The Morgan fingerprint density at radius 2 is 2.05 bits per heavy atom. The van der Waals surface area contributed by atoms with Crippen molar-refractivity contribution < 1.29 is 5.11 Å². The van der Waals surface area contributed by atoms with Crippen LogP contribution in [0.25, 0.3) is 0 Å². The Morgan fingerprint density at radius 1 is 1.20 bits per heavy atom. The van der Waals surface area contributed by atoms with Gasteiger partial charge in [0.2, 0.25) is 0 Å². The third-order valence-electron chi connectivity index (χ3n) is 3.70. The summed E-state index contributed by atoms with van der Waals surface area (Å²) in [5.74, 6) is 0.344. The van der Waals surface area contributed by atoms with Crippen LogP contribution in [0.15, 0.2) is 40.9 Å². The molecular weight excluding hydrogens is 338 g/mol. The number of fused-ring (bicyclic) bond motifs is 1. The summed E-state index contributed by atoms with van der Waals surface area (Å²) in [6.07, 6.45) is 3.24. The quantitative estimate of drug-likeness (QED) is 0.769. The van der Waals surface area contributed by atoms with E-state index in [-0.39, 0.29) is 6.04 Å². The van der Waals surface area contributed by atoms with Crippen molar-refractivity contribution in [3.63, 3.8) is 0 Å². The summed E-state index contributed by atoms with van der Waals surface area (Å²) in [4.78, 5) is 0. The third kappa shape index (κ3) is 2.79. The lowest BCUT2D eigenvalue weighted by Crippen LogP contribution is -2.17. The molecule has 0 aromatic heterocycles. The van der Waals surface area contributed by atoms with Crippen molar-refractivity contribution in [2.75, 3.05) is 5.32 Å². The van der Waals surface area contributed by atoms with Gasteiger partial charge in [-0.2, -0.15) is 0 Å². The third-order valence-corrected chi connectivity index (χ3v) is 4.93. The molecular formula is C16H15BrClNO. The Bertz CT molecular complexity index is 644. The van der Waals surface area contributed by atoms with Crippen LogP contribution in [-0.4, -0.2) is 5.11 Å². The molecule has 0 radical (unpaired) electrons. The highest BCUT2D eigenvalue weighted by Crippen LogP contribution is 2.35. The molecule has 0 saturated carbocycles. The lowest BCUT2D eigenvalue weighted by Gasteiger charge is -2.27. The SMILES string of the molecule is Oc1ccc2c(c1)CCCC2Nc1ccc(Br)c(Cl)c1. The zero-order valence-corrected chi connectivity index (χ0v) is 13.2. The van der Waals surface area contributed by atoms with E-state index in [0.29, 0.717) is 10.8 Å². The van der Waals surface area contributed by atoms with Crippen molar-refractivity contribution in [3.8, 4) is 5.75 Å². The molecule has 2 N–H and O–H groups in total. The van der Waals surface area contributed by atoms with Crippen LogP contribution < -0.4 is 5.32 Å². The maximum Gasteiger partial charge on any atom is 0.115 e. The molecule has 1 aliphatic rings. The zero-order valence-electron chi connectivity index (χ0n) is 10.9. The fraction of sp³-hybridized carbons (Fsp3) is 0.250. The second-order valence-electron chi connectivity index (χ2n) is 5.10. The zero-order chi connectivity index (χ0) is 14.1. The van der Waals surface area contributed by atoms with Crippen LogP contribution in [0.4, 0.5) is 5.69 Å². The van der Waals surface area contributed by atoms with Gasteiger partial charge in [0.05, 0.1) is 11.1 Å². The van der Waals surface area contributed by atoms with E-state index in [1.54, 1.807) is 6.07 Å². The molecule has 2 nitrogen and oxygen atoms in total. The molecule has 104 valence electrons. The van der Waals surface area contributed by atoms with E-state index in [0.717, 1.165) is 29.4 Å². The summed E-state index contributed by atoms with van der Waals surface area (Å²) in [5.41, 5.74) is 3.52. The Balaban J connectivity index is 1.87. The minimum atomic E-state index is 0.275. The van der Waals surface area contributed by atoms with Crippen molar-refractivity contribution in [1.29, 1.82) is 0 Å². The summed E-state index contributed by atoms with van der Waals surface area (Å²) in [6, 6.07) is 11.8. The van der Waals surface area contributed by atoms with Gasteiger partial charge >= 0.3 is 0 Å². The second-order valence-corrected chi connectivity index (χ2v) is 6.36. The number of aromatic hydroxyl groups is 1. The molecule has 1 unspecified atom stereocenters. The molecule has 1 aliphatic carbocycles. The Labute approximate surface area is 131 Å². The van der Waals surface area contributed by atoms with Gasteiger partial charge < -0.3 is 10.4 Å². The first-order chi connectivity index (χ1) is 9.63. The second kappa shape index (κ2) is 5.66. The summed E-state index contributed by atoms with van der Waals surface area (Å²) in [5, 5.41) is 13.8. The standard InChI is InChI=1S/C16H15BrClNO/c17-14-7-4-11(9-15(14)18)19-16-3-1-2-10-8-12(20)5-6-13(10)16/h4-9,16,19-20H,1-3H2. The number of aryl methyl sites for hydroxylation is 1. The van der Waals surface area contributed by atoms with Crippen LogP contribution >= 0.6 is 27.5 Å². The highest BCUT2D eigenvalue weighted by Gasteiger charge is 2.20. The molecule has 2 aromatic carbocycles. The maximum atomic E-state index is 9.59. The minimum absolute atomic E-state index is 0.275. The molecule has 0 heterocycles. The van der Waals surface area contributed by atoms with Crippen LogP contribution in [0.1, 0.15) is 30.0 Å². The first-order valence-corrected chi connectivity index (χ1v) is 7.84. The Hall–Kier alpha value is -1.19. The van der Waals surface area contributed by atoms with Crippen molar-refractivity contribution in [2.24, 2.45) is 0 Å². The molecule has 3 rings (SSSR count). The molecule has 2 aromatic rings. The van der Waals surface area contributed by atoms with Crippen molar-refractivity contribution in [3.05, 3.63) is 57.0 Å². The largest absolute Gasteiger partial charge is 0.508 e. The Morgan fingerprint density at radius 3 is 2.85 bits per heavy atom. The Kier molecular flexibility index (Phi) is 3.90. The van der Waals surface area contributed by atoms with E-state index in [9.17, 15) is 5.11 Å². The average molecular weight is 353 g/mol. The highest BCUT2D eigenvalue weighted by molar-refractivity contribution is 9.10. The summed E-state index contributed by atoms with van der Waals surface area (Å²) in [6.45, 7) is 0. The molecule has 0 saturated heterocycles. The van der Waals surface area contributed by atoms with E-state index in [2.05, 4.69) is 21.2 Å². The average Bonchev–Trinajstić information content (AvgIpc) is 2.43. The molecule has 0 spiro atoms. The van der Waals surface area contributed by atoms with Gasteiger partial charge in [-0.1, -0.05) is 17.7 Å². The maximum absolute atomic E-state index is 9.59. The number of benzene rings is 2. The fourth-order valence-corrected chi connectivity index (χ4v) is 3.16. The topological polar surface area (TPSA) is 32.3 Å². The van der Waals surface area contributed by atoms with Gasteiger partial charge in [-0.25, -0.2) is 0 Å². The van der Waals surface area contributed by atoms with Crippen LogP contribution in [0, 0.1) is 0 Å². The predicted octanol–water partition coefficient (Wildman–Crippen LogP) is 5.30. The van der Waals surface area contributed by atoms with E-state index < -0.39 is 0 Å². The molecule has 0 amide bonds. The lowest BCUT2D eigenvalue weighted by atomic mass is 9.87. The van der Waals surface area contributed by atoms with E-state index in [1.165, 1.54) is 11.1 Å². The normalized spacial score (nSPS) is 17.6. The van der Waals surface area contributed by atoms with Gasteiger partial charge in [0.15, 0.2) is 0 Å². The predicted molar refractivity (Wildman–Crippen MR) is 86.6 cm³/mol. The van der Waals surface area contributed by atoms with E-state index in [1.807, 2.05) is 30.3 Å². The summed E-state index contributed by atoms with van der Waals surface area (Å²) >= 11 is 9.53. The molecule has 0 bridgehead atoms. The van der Waals surface area contributed by atoms with Gasteiger partial charge in [-0.15, -0.1) is 0 Å². The summed E-state index contributed by atoms with van der Waals surface area (Å²) < 4.78 is 0.902. The molecule has 0 fully saturated rings. The number of hydrogen-bond acceptors (Lipinski definition) is 2. The number of nitrogens with one attached hydrogen (secondary N) is 1. The summed E-state index contributed by atoms with van der Waals surface area (Å²) in [7, 11) is 0. The fourth-order valence-electron chi connectivity index (χ4n) is 2.74. The van der Waals surface area contributed by atoms with Gasteiger partial charge in [0.1, 0.15) is 5.75 Å². The van der Waals surface area contributed by atoms with Crippen LogP contribution in [0.5, 0.6) is 5.75 Å². The number of hydrogen-bond donors (Lipinski definition) is 2. The lowest BCUT2D eigenvalue weighted by molar-refractivity contribution is 0.472. The number of phenolic OH excluding ortho intramolecular Hbond substituents is 1. The van der Waals surface area contributed by atoms with Crippen molar-refractivity contribution in [2.45, 2.75) is 25.3 Å². The first kappa shape index (κ1) is 13.8. The first-order valence-electron chi connectivity index (χ1n) is 6.67. The van der Waals surface area contributed by atoms with Gasteiger partial charge in [0.25, 0.3) is 0 Å². The number of halogens is 2. The van der Waals surface area contributed by atoms with Crippen LogP contribution in [-0.2, 0) is 6.42 Å². The van der Waals surface area contributed by atoms with Gasteiger partial charge in [-0.3, -0.25) is 0 Å². The highest BCUT2D eigenvalue weighted by atomic mass is 79.9. The molecule has 0 aliphatic heterocycles. The van der Waals surface area contributed by atoms with Crippen molar-refractivity contribution >= 4 is 33.2 Å². The molecule has 1 atom stereocenters. The smallest absolute Gasteiger partial charge is 0.115 e. The minimum Gasteiger partial charge on any atom is -0.508 e.